The van der Waals surface area contributed by atoms with E-state index < -0.39 is 0 Å². The fourth-order valence-corrected chi connectivity index (χ4v) is 4.93. The summed E-state index contributed by atoms with van der Waals surface area (Å²) in [5.74, 6) is 0. The molecule has 1 saturated heterocycles. The summed E-state index contributed by atoms with van der Waals surface area (Å²) >= 11 is 9.49. The quantitative estimate of drug-likeness (QED) is 0.355. The molecule has 1 fully saturated rings. The van der Waals surface area contributed by atoms with Crippen molar-refractivity contribution in [3.05, 3.63) is 106 Å². The third-order valence-electron chi connectivity index (χ3n) is 5.83. The molecular weight excluding hydrogens is 482 g/mol. The molecule has 7 heteroatoms. The van der Waals surface area contributed by atoms with Gasteiger partial charge in [-0.25, -0.2) is 0 Å². The summed E-state index contributed by atoms with van der Waals surface area (Å²) in [7, 11) is 0. The summed E-state index contributed by atoms with van der Waals surface area (Å²) in [5, 5.41) is 4.23. The lowest BCUT2D eigenvalue weighted by Gasteiger charge is -2.29. The summed E-state index contributed by atoms with van der Waals surface area (Å²) in [6.07, 6.45) is 5.51. The molecule has 4 heterocycles. The molecule has 1 aromatic carbocycles. The highest BCUT2D eigenvalue weighted by Gasteiger charge is 2.42. The minimum absolute atomic E-state index is 0.0909. The van der Waals surface area contributed by atoms with E-state index in [0.717, 1.165) is 38.5 Å². The van der Waals surface area contributed by atoms with E-state index in [1.807, 2.05) is 36.7 Å². The van der Waals surface area contributed by atoms with Crippen molar-refractivity contribution in [3.8, 4) is 5.69 Å². The average Bonchev–Trinajstić information content (AvgIpc) is 3.36. The minimum atomic E-state index is -0.0997. The van der Waals surface area contributed by atoms with Crippen LogP contribution in [0.15, 0.2) is 83.7 Å². The lowest BCUT2D eigenvalue weighted by molar-refractivity contribution is 0.548. The minimum Gasteiger partial charge on any atom is -0.351 e. The Hall–Kier alpha value is -3.03. The Balaban J connectivity index is 1.71. The van der Waals surface area contributed by atoms with Gasteiger partial charge in [0.05, 0.1) is 23.6 Å². The van der Waals surface area contributed by atoms with E-state index in [1.165, 1.54) is 0 Å². The smallest absolute Gasteiger partial charge is 0.174 e. The number of benzene rings is 1. The number of rotatable bonds is 4. The van der Waals surface area contributed by atoms with Gasteiger partial charge in [-0.15, -0.1) is 0 Å². The molecule has 1 N–H and O–H groups in total. The predicted octanol–water partition coefficient (Wildman–Crippen LogP) is 5.82. The van der Waals surface area contributed by atoms with Crippen LogP contribution in [-0.4, -0.2) is 19.6 Å². The van der Waals surface area contributed by atoms with E-state index >= 15 is 0 Å². The normalized spacial score (nSPS) is 18.1. The first-order chi connectivity index (χ1) is 15.5. The summed E-state index contributed by atoms with van der Waals surface area (Å²) in [6, 6.07) is 20.5. The Morgan fingerprint density at radius 3 is 2.56 bits per heavy atom. The van der Waals surface area contributed by atoms with Gasteiger partial charge in [-0.05, 0) is 86.2 Å². The zero-order valence-electron chi connectivity index (χ0n) is 17.7. The van der Waals surface area contributed by atoms with Crippen molar-refractivity contribution >= 4 is 38.9 Å². The van der Waals surface area contributed by atoms with Crippen LogP contribution in [0.2, 0.25) is 0 Å². The Morgan fingerprint density at radius 2 is 1.84 bits per heavy atom. The first kappa shape index (κ1) is 20.8. The van der Waals surface area contributed by atoms with Gasteiger partial charge >= 0.3 is 0 Å². The van der Waals surface area contributed by atoms with Crippen molar-refractivity contribution in [2.75, 3.05) is 4.90 Å². The van der Waals surface area contributed by atoms with Crippen LogP contribution in [0, 0.1) is 13.8 Å². The van der Waals surface area contributed by atoms with Crippen LogP contribution < -0.4 is 10.2 Å². The molecule has 160 valence electrons. The van der Waals surface area contributed by atoms with Gasteiger partial charge in [0.2, 0.25) is 0 Å². The Morgan fingerprint density at radius 1 is 0.969 bits per heavy atom. The zero-order valence-corrected chi connectivity index (χ0v) is 20.1. The van der Waals surface area contributed by atoms with Crippen LogP contribution in [-0.2, 0) is 0 Å². The number of aromatic nitrogens is 3. The molecule has 0 radical (unpaired) electrons. The standard InChI is InChI=1S/C25H22BrN5S/c1-16-14-18(9-10-20(16)26)31-24(23(29-25(31)32)21-7-3-4-13-28-21)22-11-8-17(2)30(22)19-6-5-12-27-15-19/h3-15,23-24H,1-2H3,(H,29,32)/t23-,24+/m1/s1. The number of nitrogens with zero attached hydrogens (tertiary/aromatic N) is 4. The topological polar surface area (TPSA) is 46.0 Å². The summed E-state index contributed by atoms with van der Waals surface area (Å²) < 4.78 is 3.33. The number of hydrogen-bond donors (Lipinski definition) is 1. The Kier molecular flexibility index (Phi) is 5.53. The van der Waals surface area contributed by atoms with E-state index in [1.54, 1.807) is 6.20 Å². The van der Waals surface area contributed by atoms with Crippen molar-refractivity contribution in [2.45, 2.75) is 25.9 Å². The molecule has 0 saturated carbocycles. The first-order valence-corrected chi connectivity index (χ1v) is 11.6. The molecule has 0 aliphatic carbocycles. The van der Waals surface area contributed by atoms with Crippen molar-refractivity contribution in [2.24, 2.45) is 0 Å². The highest BCUT2D eigenvalue weighted by Crippen LogP contribution is 2.43. The van der Waals surface area contributed by atoms with Crippen LogP contribution in [0.3, 0.4) is 0 Å². The highest BCUT2D eigenvalue weighted by atomic mass is 79.9. The number of thiocarbonyl (C=S) groups is 1. The fraction of sp³-hybridized carbons (Fsp3) is 0.160. The molecule has 1 aliphatic rings. The van der Waals surface area contributed by atoms with Crippen LogP contribution in [0.25, 0.3) is 5.69 Å². The average molecular weight is 504 g/mol. The van der Waals surface area contributed by atoms with Crippen LogP contribution in [0.1, 0.15) is 34.7 Å². The lowest BCUT2D eigenvalue weighted by atomic mass is 10.0. The number of anilines is 1. The van der Waals surface area contributed by atoms with Gasteiger partial charge in [0.25, 0.3) is 0 Å². The molecule has 5 nitrogen and oxygen atoms in total. The van der Waals surface area contributed by atoms with E-state index in [4.69, 9.17) is 12.2 Å². The number of aryl methyl sites for hydroxylation is 2. The van der Waals surface area contributed by atoms with Gasteiger partial charge < -0.3 is 14.8 Å². The van der Waals surface area contributed by atoms with Gasteiger partial charge in [0, 0.05) is 33.9 Å². The molecule has 5 rings (SSSR count). The van der Waals surface area contributed by atoms with Crippen LogP contribution in [0.4, 0.5) is 5.69 Å². The fourth-order valence-electron chi connectivity index (χ4n) is 4.34. The monoisotopic (exact) mass is 503 g/mol. The molecule has 0 spiro atoms. The van der Waals surface area contributed by atoms with Gasteiger partial charge in [-0.1, -0.05) is 22.0 Å². The van der Waals surface area contributed by atoms with Gasteiger partial charge in [0.1, 0.15) is 6.04 Å². The maximum absolute atomic E-state index is 5.87. The summed E-state index contributed by atoms with van der Waals surface area (Å²) in [5.41, 5.74) is 6.44. The number of nitrogens with one attached hydrogen (secondary N) is 1. The summed E-state index contributed by atoms with van der Waals surface area (Å²) in [4.78, 5) is 11.2. The van der Waals surface area contributed by atoms with Gasteiger partial charge in [0.15, 0.2) is 5.11 Å². The third-order valence-corrected chi connectivity index (χ3v) is 7.04. The van der Waals surface area contributed by atoms with Gasteiger partial charge in [-0.3, -0.25) is 9.97 Å². The second-order valence-corrected chi connectivity index (χ2v) is 9.12. The highest BCUT2D eigenvalue weighted by molar-refractivity contribution is 9.10. The number of hydrogen-bond acceptors (Lipinski definition) is 3. The van der Waals surface area contributed by atoms with E-state index in [0.29, 0.717) is 5.11 Å². The van der Waals surface area contributed by atoms with Crippen molar-refractivity contribution in [1.82, 2.24) is 19.9 Å². The third kappa shape index (κ3) is 3.61. The molecule has 32 heavy (non-hydrogen) atoms. The van der Waals surface area contributed by atoms with Crippen molar-refractivity contribution < 1.29 is 0 Å². The van der Waals surface area contributed by atoms with Crippen LogP contribution >= 0.6 is 28.1 Å². The molecule has 0 amide bonds. The van der Waals surface area contributed by atoms with E-state index in [-0.39, 0.29) is 12.1 Å². The SMILES string of the molecule is Cc1cc(N2C(=S)N[C@H](c3ccccn3)[C@@H]2c2ccc(C)n2-c2cccnc2)ccc1Br. The van der Waals surface area contributed by atoms with Crippen LogP contribution in [0.5, 0.6) is 0 Å². The molecular formula is C25H22BrN5S. The number of pyridine rings is 2. The second-order valence-electron chi connectivity index (χ2n) is 7.88. The summed E-state index contributed by atoms with van der Waals surface area (Å²) in [6.45, 7) is 4.20. The van der Waals surface area contributed by atoms with E-state index in [9.17, 15) is 0 Å². The van der Waals surface area contributed by atoms with E-state index in [2.05, 4.69) is 90.9 Å². The lowest BCUT2D eigenvalue weighted by Crippen LogP contribution is -2.30. The van der Waals surface area contributed by atoms with Gasteiger partial charge in [-0.2, -0.15) is 0 Å². The molecule has 0 unspecified atom stereocenters. The second kappa shape index (κ2) is 8.48. The van der Waals surface area contributed by atoms with Crippen molar-refractivity contribution in [3.63, 3.8) is 0 Å². The molecule has 2 atom stereocenters. The molecule has 3 aromatic heterocycles. The maximum atomic E-state index is 5.87. The Labute approximate surface area is 201 Å². The molecule has 4 aromatic rings. The largest absolute Gasteiger partial charge is 0.351 e. The Bertz CT molecular complexity index is 1270. The molecule has 0 bridgehead atoms. The zero-order chi connectivity index (χ0) is 22.2. The maximum Gasteiger partial charge on any atom is 0.174 e. The molecule has 1 aliphatic heterocycles. The predicted molar refractivity (Wildman–Crippen MR) is 135 cm³/mol. The van der Waals surface area contributed by atoms with Crippen molar-refractivity contribution in [1.29, 1.82) is 0 Å². The number of halogens is 1. The first-order valence-electron chi connectivity index (χ1n) is 10.4.